The lowest BCUT2D eigenvalue weighted by Gasteiger charge is -2.31. The monoisotopic (exact) mass is 376 g/mol. The lowest BCUT2D eigenvalue weighted by atomic mass is 9.97. The molecule has 28 heavy (non-hydrogen) atoms. The second kappa shape index (κ2) is 8.65. The molecule has 0 saturated carbocycles. The molecule has 0 spiro atoms. The Morgan fingerprint density at radius 1 is 1.04 bits per heavy atom. The average Bonchev–Trinajstić information content (AvgIpc) is 3.22. The van der Waals surface area contributed by atoms with Gasteiger partial charge in [0, 0.05) is 32.4 Å². The molecule has 1 aliphatic rings. The van der Waals surface area contributed by atoms with Crippen molar-refractivity contribution < 1.29 is 4.79 Å². The highest BCUT2D eigenvalue weighted by Gasteiger charge is 2.23. The molecule has 7 nitrogen and oxygen atoms in total. The van der Waals surface area contributed by atoms with Crippen molar-refractivity contribution in [2.24, 2.45) is 5.92 Å². The number of urea groups is 1. The van der Waals surface area contributed by atoms with Gasteiger partial charge in [-0.1, -0.05) is 41.6 Å². The Morgan fingerprint density at radius 2 is 1.82 bits per heavy atom. The first-order valence-electron chi connectivity index (χ1n) is 9.66. The van der Waals surface area contributed by atoms with Gasteiger partial charge in [0.25, 0.3) is 0 Å². The van der Waals surface area contributed by atoms with Gasteiger partial charge in [-0.3, -0.25) is 9.67 Å². The molecule has 0 bridgehead atoms. The lowest BCUT2D eigenvalue weighted by Crippen LogP contribution is -2.44. The average molecular weight is 376 g/mol. The SMILES string of the molecule is O=C(NCc1ccccc1)N1CCC(Cn2cc(-c3ccccn3)nn2)CC1. The quantitative estimate of drug-likeness (QED) is 0.743. The Balaban J connectivity index is 1.24. The van der Waals surface area contributed by atoms with E-state index in [9.17, 15) is 4.79 Å². The maximum Gasteiger partial charge on any atom is 0.317 e. The first-order valence-corrected chi connectivity index (χ1v) is 9.66. The van der Waals surface area contributed by atoms with Crippen molar-refractivity contribution in [3.8, 4) is 11.4 Å². The zero-order valence-electron chi connectivity index (χ0n) is 15.7. The van der Waals surface area contributed by atoms with Crippen LogP contribution in [0.25, 0.3) is 11.4 Å². The number of hydrogen-bond acceptors (Lipinski definition) is 4. The summed E-state index contributed by atoms with van der Waals surface area (Å²) in [5.74, 6) is 0.497. The predicted octanol–water partition coefficient (Wildman–Crippen LogP) is 2.96. The van der Waals surface area contributed by atoms with E-state index in [1.54, 1.807) is 6.20 Å². The van der Waals surface area contributed by atoms with Gasteiger partial charge in [0.2, 0.25) is 0 Å². The van der Waals surface area contributed by atoms with E-state index in [2.05, 4.69) is 20.6 Å². The van der Waals surface area contributed by atoms with E-state index in [4.69, 9.17) is 0 Å². The van der Waals surface area contributed by atoms with Crippen LogP contribution >= 0.6 is 0 Å². The van der Waals surface area contributed by atoms with Crippen LogP contribution in [0, 0.1) is 5.92 Å². The molecule has 3 aromatic rings. The third-order valence-electron chi connectivity index (χ3n) is 5.10. The van der Waals surface area contributed by atoms with Gasteiger partial charge in [0.05, 0.1) is 11.9 Å². The summed E-state index contributed by atoms with van der Waals surface area (Å²) in [4.78, 5) is 18.6. The number of carbonyl (C=O) groups is 1. The molecule has 1 aliphatic heterocycles. The molecule has 0 aliphatic carbocycles. The van der Waals surface area contributed by atoms with Crippen molar-refractivity contribution in [3.63, 3.8) is 0 Å². The highest BCUT2D eigenvalue weighted by molar-refractivity contribution is 5.74. The zero-order valence-corrected chi connectivity index (χ0v) is 15.7. The maximum absolute atomic E-state index is 12.4. The summed E-state index contributed by atoms with van der Waals surface area (Å²) in [5.41, 5.74) is 2.73. The first-order chi connectivity index (χ1) is 13.8. The van der Waals surface area contributed by atoms with Gasteiger partial charge in [-0.25, -0.2) is 4.79 Å². The molecule has 1 saturated heterocycles. The molecular formula is C21H24N6O. The van der Waals surface area contributed by atoms with Gasteiger partial charge >= 0.3 is 6.03 Å². The van der Waals surface area contributed by atoms with Crippen LogP contribution in [0.4, 0.5) is 4.79 Å². The number of nitrogens with zero attached hydrogens (tertiary/aromatic N) is 5. The van der Waals surface area contributed by atoms with E-state index in [0.717, 1.165) is 49.4 Å². The minimum Gasteiger partial charge on any atom is -0.334 e. The molecule has 7 heteroatoms. The molecule has 1 N–H and O–H groups in total. The van der Waals surface area contributed by atoms with Crippen LogP contribution < -0.4 is 5.32 Å². The van der Waals surface area contributed by atoms with E-state index < -0.39 is 0 Å². The highest BCUT2D eigenvalue weighted by Crippen LogP contribution is 2.20. The normalized spacial score (nSPS) is 14.8. The smallest absolute Gasteiger partial charge is 0.317 e. The van der Waals surface area contributed by atoms with Crippen LogP contribution in [0.5, 0.6) is 0 Å². The molecule has 2 aromatic heterocycles. The van der Waals surface area contributed by atoms with Crippen molar-refractivity contribution in [3.05, 3.63) is 66.5 Å². The van der Waals surface area contributed by atoms with Crippen molar-refractivity contribution in [1.29, 1.82) is 0 Å². The van der Waals surface area contributed by atoms with Crippen LogP contribution in [0.15, 0.2) is 60.9 Å². The molecule has 1 fully saturated rings. The van der Waals surface area contributed by atoms with Gasteiger partial charge < -0.3 is 10.2 Å². The fourth-order valence-electron chi connectivity index (χ4n) is 3.49. The molecule has 0 unspecified atom stereocenters. The number of pyridine rings is 1. The van der Waals surface area contributed by atoms with Gasteiger partial charge in [-0.15, -0.1) is 5.10 Å². The largest absolute Gasteiger partial charge is 0.334 e. The fourth-order valence-corrected chi connectivity index (χ4v) is 3.49. The van der Waals surface area contributed by atoms with Crippen LogP contribution in [0.2, 0.25) is 0 Å². The molecular weight excluding hydrogens is 352 g/mol. The topological polar surface area (TPSA) is 75.9 Å². The number of piperidine rings is 1. The van der Waals surface area contributed by atoms with E-state index in [1.165, 1.54) is 0 Å². The summed E-state index contributed by atoms with van der Waals surface area (Å²) in [5, 5.41) is 11.5. The molecule has 4 rings (SSSR count). The van der Waals surface area contributed by atoms with Gasteiger partial charge in [0.1, 0.15) is 5.69 Å². The van der Waals surface area contributed by atoms with Crippen molar-refractivity contribution in [2.75, 3.05) is 13.1 Å². The molecule has 0 atom stereocenters. The number of benzene rings is 1. The van der Waals surface area contributed by atoms with Crippen LogP contribution in [0.3, 0.4) is 0 Å². The third kappa shape index (κ3) is 4.54. The highest BCUT2D eigenvalue weighted by atomic mass is 16.2. The molecule has 1 aromatic carbocycles. The lowest BCUT2D eigenvalue weighted by molar-refractivity contribution is 0.163. The second-order valence-corrected chi connectivity index (χ2v) is 7.12. The Kier molecular flexibility index (Phi) is 5.61. The standard InChI is InChI=1S/C21H24N6O/c28-21(23-14-17-6-2-1-3-7-17)26-12-9-18(10-13-26)15-27-16-20(24-25-27)19-8-4-5-11-22-19/h1-8,11,16,18H,9-10,12-15H2,(H,23,28). The number of hydrogen-bond donors (Lipinski definition) is 1. The van der Waals surface area contributed by atoms with Crippen LogP contribution in [0.1, 0.15) is 18.4 Å². The van der Waals surface area contributed by atoms with E-state index in [1.807, 2.05) is 64.3 Å². The second-order valence-electron chi connectivity index (χ2n) is 7.12. The minimum absolute atomic E-state index is 0.0143. The molecule has 3 heterocycles. The van der Waals surface area contributed by atoms with Crippen molar-refractivity contribution in [2.45, 2.75) is 25.9 Å². The summed E-state index contributed by atoms with van der Waals surface area (Å²) in [6, 6.07) is 15.8. The van der Waals surface area contributed by atoms with E-state index in [0.29, 0.717) is 12.5 Å². The van der Waals surface area contributed by atoms with E-state index in [-0.39, 0.29) is 6.03 Å². The van der Waals surface area contributed by atoms with E-state index >= 15 is 0 Å². The Bertz CT molecular complexity index is 888. The molecule has 2 amide bonds. The summed E-state index contributed by atoms with van der Waals surface area (Å²) < 4.78 is 1.89. The predicted molar refractivity (Wildman–Crippen MR) is 106 cm³/mol. The number of amides is 2. The Labute approximate surface area is 164 Å². The minimum atomic E-state index is 0.0143. The number of nitrogens with one attached hydrogen (secondary N) is 1. The summed E-state index contributed by atoms with van der Waals surface area (Å²) in [7, 11) is 0. The number of carbonyl (C=O) groups excluding carboxylic acids is 1. The van der Waals surface area contributed by atoms with Crippen molar-refractivity contribution >= 4 is 6.03 Å². The Hall–Kier alpha value is -3.22. The number of likely N-dealkylation sites (tertiary alicyclic amines) is 1. The molecule has 144 valence electrons. The van der Waals surface area contributed by atoms with Crippen molar-refractivity contribution in [1.82, 2.24) is 30.2 Å². The van der Waals surface area contributed by atoms with Gasteiger partial charge in [0.15, 0.2) is 0 Å². The van der Waals surface area contributed by atoms with Gasteiger partial charge in [-0.05, 0) is 36.5 Å². The molecule has 0 radical (unpaired) electrons. The third-order valence-corrected chi connectivity index (χ3v) is 5.10. The fraction of sp³-hybridized carbons (Fsp3) is 0.333. The van der Waals surface area contributed by atoms with Crippen LogP contribution in [-0.2, 0) is 13.1 Å². The van der Waals surface area contributed by atoms with Crippen LogP contribution in [-0.4, -0.2) is 44.0 Å². The Morgan fingerprint density at radius 3 is 2.57 bits per heavy atom. The maximum atomic E-state index is 12.4. The number of aromatic nitrogens is 4. The zero-order chi connectivity index (χ0) is 19.2. The summed E-state index contributed by atoms with van der Waals surface area (Å²) >= 11 is 0. The number of rotatable bonds is 5. The summed E-state index contributed by atoms with van der Waals surface area (Å²) in [6.07, 6.45) is 5.64. The first kappa shape index (κ1) is 18.2. The van der Waals surface area contributed by atoms with Gasteiger partial charge in [-0.2, -0.15) is 0 Å². The summed E-state index contributed by atoms with van der Waals surface area (Å²) in [6.45, 7) is 2.92.